The van der Waals surface area contributed by atoms with E-state index in [9.17, 15) is 0 Å². The van der Waals surface area contributed by atoms with E-state index in [1.54, 1.807) is 0 Å². The molecule has 1 aliphatic rings. The highest BCUT2D eigenvalue weighted by molar-refractivity contribution is 5.79. The van der Waals surface area contributed by atoms with Gasteiger partial charge in [-0.05, 0) is 37.2 Å². The van der Waals surface area contributed by atoms with E-state index in [-0.39, 0.29) is 0 Å². The van der Waals surface area contributed by atoms with E-state index in [0.29, 0.717) is 11.8 Å². The van der Waals surface area contributed by atoms with Crippen molar-refractivity contribution in [3.8, 4) is 0 Å². The summed E-state index contributed by atoms with van der Waals surface area (Å²) >= 11 is 0. The maximum Gasteiger partial charge on any atom is 0.00641 e. The van der Waals surface area contributed by atoms with Gasteiger partial charge in [0, 0.05) is 5.71 Å². The van der Waals surface area contributed by atoms with Crippen LogP contribution in [0.3, 0.4) is 0 Å². The van der Waals surface area contributed by atoms with Crippen LogP contribution < -0.4 is 0 Å². The Kier molecular flexibility index (Phi) is 3.47. The third-order valence-electron chi connectivity index (χ3n) is 2.52. The maximum absolute atomic E-state index is 7.43. The molecule has 0 radical (unpaired) electrons. The van der Waals surface area contributed by atoms with Crippen molar-refractivity contribution in [2.75, 3.05) is 0 Å². The lowest BCUT2D eigenvalue weighted by Crippen LogP contribution is -2.06. The number of rotatable bonds is 3. The third kappa shape index (κ3) is 3.17. The van der Waals surface area contributed by atoms with Crippen molar-refractivity contribution in [2.45, 2.75) is 33.6 Å². The maximum atomic E-state index is 7.43. The Morgan fingerprint density at radius 1 is 1.69 bits per heavy atom. The van der Waals surface area contributed by atoms with Crippen molar-refractivity contribution in [3.05, 3.63) is 23.8 Å². The molecule has 0 aromatic rings. The zero-order valence-electron chi connectivity index (χ0n) is 8.80. The van der Waals surface area contributed by atoms with Gasteiger partial charge in [-0.1, -0.05) is 32.1 Å². The molecule has 1 nitrogen and oxygen atoms in total. The molecule has 0 aromatic carbocycles. The molecule has 2 atom stereocenters. The molecule has 0 bridgehead atoms. The molecule has 1 aliphatic carbocycles. The first-order chi connectivity index (χ1) is 6.09. The standard InChI is InChI=1S/C12H19N/c1-9-4-6-12(7-5-9)10(2)8-11(3)13/h4,6-7,9-10,13H,5,8H2,1-3H3. The molecule has 2 unspecified atom stereocenters. The molecule has 0 spiro atoms. The Balaban J connectivity index is 2.53. The number of hydrogen-bond donors (Lipinski definition) is 1. The molecule has 0 aromatic heterocycles. The van der Waals surface area contributed by atoms with E-state index < -0.39 is 0 Å². The van der Waals surface area contributed by atoms with Crippen LogP contribution in [0.1, 0.15) is 33.6 Å². The second-order valence-corrected chi connectivity index (χ2v) is 4.16. The molecule has 0 saturated heterocycles. The first-order valence-electron chi connectivity index (χ1n) is 5.02. The van der Waals surface area contributed by atoms with Crippen molar-refractivity contribution >= 4 is 5.71 Å². The van der Waals surface area contributed by atoms with Gasteiger partial charge in [0.1, 0.15) is 0 Å². The predicted molar refractivity (Wildman–Crippen MR) is 58.2 cm³/mol. The summed E-state index contributed by atoms with van der Waals surface area (Å²) in [7, 11) is 0. The predicted octanol–water partition coefficient (Wildman–Crippen LogP) is 3.57. The fraction of sp³-hybridized carbons (Fsp3) is 0.583. The lowest BCUT2D eigenvalue weighted by molar-refractivity contribution is 0.677. The van der Waals surface area contributed by atoms with E-state index >= 15 is 0 Å². The quantitative estimate of drug-likeness (QED) is 0.637. The zero-order chi connectivity index (χ0) is 9.84. The normalized spacial score (nSPS) is 23.9. The first-order valence-corrected chi connectivity index (χ1v) is 5.02. The summed E-state index contributed by atoms with van der Waals surface area (Å²) < 4.78 is 0. The monoisotopic (exact) mass is 177 g/mol. The van der Waals surface area contributed by atoms with Gasteiger partial charge in [-0.2, -0.15) is 0 Å². The van der Waals surface area contributed by atoms with E-state index in [2.05, 4.69) is 32.1 Å². The highest BCUT2D eigenvalue weighted by atomic mass is 14.4. The molecule has 0 heterocycles. The molecule has 1 N–H and O–H groups in total. The Labute approximate surface area is 81.1 Å². The van der Waals surface area contributed by atoms with Crippen LogP contribution in [-0.2, 0) is 0 Å². The highest BCUT2D eigenvalue weighted by Gasteiger charge is 2.10. The molecule has 1 rings (SSSR count). The van der Waals surface area contributed by atoms with Crippen molar-refractivity contribution in [3.63, 3.8) is 0 Å². The van der Waals surface area contributed by atoms with E-state index in [0.717, 1.165) is 18.6 Å². The molecular weight excluding hydrogens is 158 g/mol. The van der Waals surface area contributed by atoms with Crippen LogP contribution >= 0.6 is 0 Å². The van der Waals surface area contributed by atoms with Crippen molar-refractivity contribution < 1.29 is 0 Å². The van der Waals surface area contributed by atoms with Gasteiger partial charge in [-0.3, -0.25) is 0 Å². The van der Waals surface area contributed by atoms with Gasteiger partial charge in [0.2, 0.25) is 0 Å². The minimum atomic E-state index is 0.515. The summed E-state index contributed by atoms with van der Waals surface area (Å²) in [5.74, 6) is 1.21. The lowest BCUT2D eigenvalue weighted by Gasteiger charge is -2.17. The summed E-state index contributed by atoms with van der Waals surface area (Å²) in [4.78, 5) is 0. The largest absolute Gasteiger partial charge is 0.310 e. The van der Waals surface area contributed by atoms with Gasteiger partial charge in [0.25, 0.3) is 0 Å². The Morgan fingerprint density at radius 3 is 2.85 bits per heavy atom. The van der Waals surface area contributed by atoms with Crippen molar-refractivity contribution in [2.24, 2.45) is 11.8 Å². The third-order valence-corrected chi connectivity index (χ3v) is 2.52. The van der Waals surface area contributed by atoms with Crippen LogP contribution in [0.5, 0.6) is 0 Å². The van der Waals surface area contributed by atoms with Gasteiger partial charge in [-0.15, -0.1) is 0 Å². The molecule has 0 amide bonds. The van der Waals surface area contributed by atoms with Crippen LogP contribution in [0.25, 0.3) is 0 Å². The van der Waals surface area contributed by atoms with Gasteiger partial charge < -0.3 is 5.41 Å². The summed E-state index contributed by atoms with van der Waals surface area (Å²) in [6.45, 7) is 6.31. The average Bonchev–Trinajstić information content (AvgIpc) is 2.04. The minimum Gasteiger partial charge on any atom is -0.310 e. The molecule has 0 saturated carbocycles. The number of allylic oxidation sites excluding steroid dienone is 4. The number of nitrogens with one attached hydrogen (secondary N) is 1. The minimum absolute atomic E-state index is 0.515. The number of hydrogen-bond acceptors (Lipinski definition) is 1. The Hall–Kier alpha value is -0.850. The lowest BCUT2D eigenvalue weighted by atomic mass is 9.89. The molecule has 0 fully saturated rings. The molecular formula is C12H19N. The fourth-order valence-electron chi connectivity index (χ4n) is 1.69. The van der Waals surface area contributed by atoms with Crippen LogP contribution in [0.2, 0.25) is 0 Å². The molecule has 0 aliphatic heterocycles. The summed E-state index contributed by atoms with van der Waals surface area (Å²) in [6, 6.07) is 0. The fourth-order valence-corrected chi connectivity index (χ4v) is 1.69. The van der Waals surface area contributed by atoms with Gasteiger partial charge >= 0.3 is 0 Å². The topological polar surface area (TPSA) is 23.9 Å². The van der Waals surface area contributed by atoms with Crippen LogP contribution in [0, 0.1) is 17.2 Å². The SMILES string of the molecule is CC(=N)CC(C)C1=CCC(C)C=C1. The van der Waals surface area contributed by atoms with E-state index in [4.69, 9.17) is 5.41 Å². The Morgan fingerprint density at radius 2 is 2.38 bits per heavy atom. The second kappa shape index (κ2) is 4.40. The summed E-state index contributed by atoms with van der Waals surface area (Å²) in [5.41, 5.74) is 2.19. The van der Waals surface area contributed by atoms with Gasteiger partial charge in [-0.25, -0.2) is 0 Å². The molecule has 72 valence electrons. The summed E-state index contributed by atoms with van der Waals surface area (Å²) in [5, 5.41) is 7.43. The molecule has 1 heteroatoms. The highest BCUT2D eigenvalue weighted by Crippen LogP contribution is 2.23. The molecule has 13 heavy (non-hydrogen) atoms. The zero-order valence-corrected chi connectivity index (χ0v) is 8.80. The van der Waals surface area contributed by atoms with Crippen LogP contribution in [0.4, 0.5) is 0 Å². The first kappa shape index (κ1) is 10.2. The van der Waals surface area contributed by atoms with Crippen molar-refractivity contribution in [1.29, 1.82) is 5.41 Å². The van der Waals surface area contributed by atoms with Crippen LogP contribution in [-0.4, -0.2) is 5.71 Å². The van der Waals surface area contributed by atoms with Crippen molar-refractivity contribution in [1.82, 2.24) is 0 Å². The Bertz CT molecular complexity index is 248. The smallest absolute Gasteiger partial charge is 0.00641 e. The summed E-state index contributed by atoms with van der Waals surface area (Å²) in [6.07, 6.45) is 8.86. The van der Waals surface area contributed by atoms with E-state index in [1.165, 1.54) is 5.57 Å². The van der Waals surface area contributed by atoms with Gasteiger partial charge in [0.15, 0.2) is 0 Å². The van der Waals surface area contributed by atoms with Gasteiger partial charge in [0.05, 0.1) is 0 Å². The second-order valence-electron chi connectivity index (χ2n) is 4.16. The van der Waals surface area contributed by atoms with E-state index in [1.807, 2.05) is 6.92 Å². The average molecular weight is 177 g/mol. The van der Waals surface area contributed by atoms with Crippen LogP contribution in [0.15, 0.2) is 23.8 Å².